The first kappa shape index (κ1) is 11.1. The molecule has 3 heterocycles. The van der Waals surface area contributed by atoms with Gasteiger partial charge in [0.05, 0.1) is 17.8 Å². The van der Waals surface area contributed by atoms with Gasteiger partial charge in [0.2, 0.25) is 5.28 Å². The predicted molar refractivity (Wildman–Crippen MR) is 66.0 cm³/mol. The van der Waals surface area contributed by atoms with Crippen molar-refractivity contribution < 1.29 is 0 Å². The Balaban J connectivity index is 2.24. The van der Waals surface area contributed by atoms with Gasteiger partial charge in [-0.1, -0.05) is 12.1 Å². The van der Waals surface area contributed by atoms with Crippen molar-refractivity contribution in [1.29, 1.82) is 0 Å². The van der Waals surface area contributed by atoms with E-state index < -0.39 is 0 Å². The Labute approximate surface area is 107 Å². The molecule has 0 saturated heterocycles. The molecule has 3 aromatic rings. The minimum atomic E-state index is 0.172. The third kappa shape index (κ3) is 1.72. The molecule has 92 valence electrons. The molecule has 0 saturated carbocycles. The summed E-state index contributed by atoms with van der Waals surface area (Å²) in [5.41, 5.74) is 2.11. The van der Waals surface area contributed by atoms with E-state index in [2.05, 4.69) is 37.4 Å². The van der Waals surface area contributed by atoms with Crippen LogP contribution in [0.25, 0.3) is 22.4 Å². The number of aromatic amines is 1. The minimum Gasteiger partial charge on any atom is -0.261 e. The number of aromatic nitrogens is 7. The number of nitrogens with zero attached hydrogens (tertiary/aromatic N) is 6. The second kappa shape index (κ2) is 4.34. The molecule has 1 N–H and O–H groups in total. The maximum atomic E-state index is 5.91. The summed E-state index contributed by atoms with van der Waals surface area (Å²) in [5, 5.41) is 15.7. The number of H-pyrrole nitrogens is 1. The van der Waals surface area contributed by atoms with Crippen molar-refractivity contribution in [3.63, 3.8) is 0 Å². The largest absolute Gasteiger partial charge is 0.261 e. The second-order valence-corrected chi connectivity index (χ2v) is 4.15. The number of rotatable bonds is 3. The van der Waals surface area contributed by atoms with Gasteiger partial charge in [-0.05, 0) is 18.0 Å². The molecule has 0 spiro atoms. The lowest BCUT2D eigenvalue weighted by atomic mass is 10.2. The fraction of sp³-hybridized carbons (Fsp3) is 0.300. The number of halogens is 1. The first-order valence-electron chi connectivity index (χ1n) is 5.55. The SMILES string of the molecule is CCCn1nncc1-c1nc(Cl)nc2[nH]ncc12. The van der Waals surface area contributed by atoms with Crippen LogP contribution < -0.4 is 0 Å². The van der Waals surface area contributed by atoms with Crippen molar-refractivity contribution in [3.8, 4) is 11.4 Å². The Morgan fingerprint density at radius 2 is 2.22 bits per heavy atom. The van der Waals surface area contributed by atoms with E-state index in [0.29, 0.717) is 11.3 Å². The summed E-state index contributed by atoms with van der Waals surface area (Å²) < 4.78 is 1.80. The van der Waals surface area contributed by atoms with Gasteiger partial charge in [0.15, 0.2) is 5.65 Å². The van der Waals surface area contributed by atoms with E-state index in [-0.39, 0.29) is 5.28 Å². The number of fused-ring (bicyclic) bond motifs is 1. The predicted octanol–water partition coefficient (Wildman–Crippen LogP) is 1.67. The van der Waals surface area contributed by atoms with Crippen molar-refractivity contribution in [1.82, 2.24) is 35.2 Å². The first-order chi connectivity index (χ1) is 8.79. The van der Waals surface area contributed by atoms with Crippen molar-refractivity contribution in [2.24, 2.45) is 0 Å². The number of hydrogen-bond acceptors (Lipinski definition) is 5. The van der Waals surface area contributed by atoms with Crippen molar-refractivity contribution in [3.05, 3.63) is 17.7 Å². The molecule has 0 amide bonds. The fourth-order valence-electron chi connectivity index (χ4n) is 1.82. The summed E-state index contributed by atoms with van der Waals surface area (Å²) in [5.74, 6) is 0. The summed E-state index contributed by atoms with van der Waals surface area (Å²) >= 11 is 5.91. The topological polar surface area (TPSA) is 85.2 Å². The third-order valence-corrected chi connectivity index (χ3v) is 2.75. The molecule has 3 rings (SSSR count). The highest BCUT2D eigenvalue weighted by Crippen LogP contribution is 2.25. The van der Waals surface area contributed by atoms with Gasteiger partial charge in [-0.3, -0.25) is 5.10 Å². The first-order valence-corrected chi connectivity index (χ1v) is 5.93. The zero-order valence-electron chi connectivity index (χ0n) is 9.63. The Kier molecular flexibility index (Phi) is 2.67. The summed E-state index contributed by atoms with van der Waals surface area (Å²) in [7, 11) is 0. The van der Waals surface area contributed by atoms with Crippen LogP contribution in [0, 0.1) is 0 Å². The van der Waals surface area contributed by atoms with E-state index in [4.69, 9.17) is 11.6 Å². The Hall–Kier alpha value is -2.02. The molecule has 0 aromatic carbocycles. The molecule has 8 heteroatoms. The van der Waals surface area contributed by atoms with E-state index in [0.717, 1.165) is 24.0 Å². The maximum Gasteiger partial charge on any atom is 0.225 e. The molecular formula is C10H10ClN7. The summed E-state index contributed by atoms with van der Waals surface area (Å²) in [6.45, 7) is 2.85. The van der Waals surface area contributed by atoms with Crippen LogP contribution in [0.1, 0.15) is 13.3 Å². The highest BCUT2D eigenvalue weighted by Gasteiger charge is 2.14. The Morgan fingerprint density at radius 3 is 3.06 bits per heavy atom. The Bertz CT molecular complexity index is 686. The highest BCUT2D eigenvalue weighted by atomic mass is 35.5. The van der Waals surface area contributed by atoms with E-state index in [9.17, 15) is 0 Å². The lowest BCUT2D eigenvalue weighted by Crippen LogP contribution is -2.03. The smallest absolute Gasteiger partial charge is 0.225 e. The van der Waals surface area contributed by atoms with E-state index in [1.807, 2.05) is 0 Å². The van der Waals surface area contributed by atoms with Crippen LogP contribution >= 0.6 is 11.6 Å². The molecule has 0 aliphatic carbocycles. The van der Waals surface area contributed by atoms with E-state index in [1.54, 1.807) is 17.1 Å². The highest BCUT2D eigenvalue weighted by molar-refractivity contribution is 6.28. The van der Waals surface area contributed by atoms with Gasteiger partial charge in [0.25, 0.3) is 0 Å². The van der Waals surface area contributed by atoms with Gasteiger partial charge in [0.1, 0.15) is 11.4 Å². The molecule has 3 aromatic heterocycles. The van der Waals surface area contributed by atoms with Crippen LogP contribution in [-0.2, 0) is 6.54 Å². The monoisotopic (exact) mass is 263 g/mol. The van der Waals surface area contributed by atoms with Crippen molar-refractivity contribution >= 4 is 22.6 Å². The molecule has 0 aliphatic heterocycles. The molecular weight excluding hydrogens is 254 g/mol. The minimum absolute atomic E-state index is 0.172. The lowest BCUT2D eigenvalue weighted by Gasteiger charge is -2.04. The van der Waals surface area contributed by atoms with Crippen LogP contribution in [-0.4, -0.2) is 35.2 Å². The summed E-state index contributed by atoms with van der Waals surface area (Å²) in [4.78, 5) is 8.32. The molecule has 0 radical (unpaired) electrons. The number of aryl methyl sites for hydroxylation is 1. The van der Waals surface area contributed by atoms with Crippen molar-refractivity contribution in [2.45, 2.75) is 19.9 Å². The quantitative estimate of drug-likeness (QED) is 0.727. The molecule has 0 bridgehead atoms. The van der Waals surface area contributed by atoms with Crippen LogP contribution in [0.5, 0.6) is 0 Å². The second-order valence-electron chi connectivity index (χ2n) is 3.82. The zero-order chi connectivity index (χ0) is 12.5. The van der Waals surface area contributed by atoms with Gasteiger partial charge in [-0.25, -0.2) is 9.67 Å². The average Bonchev–Trinajstić information content (AvgIpc) is 2.96. The van der Waals surface area contributed by atoms with Crippen LogP contribution in [0.4, 0.5) is 0 Å². The van der Waals surface area contributed by atoms with Gasteiger partial charge in [-0.2, -0.15) is 10.1 Å². The summed E-state index contributed by atoms with van der Waals surface area (Å²) in [6.07, 6.45) is 4.30. The van der Waals surface area contributed by atoms with Crippen molar-refractivity contribution in [2.75, 3.05) is 0 Å². The number of nitrogens with one attached hydrogen (secondary N) is 1. The molecule has 0 atom stereocenters. The fourth-order valence-corrected chi connectivity index (χ4v) is 1.99. The van der Waals surface area contributed by atoms with E-state index in [1.165, 1.54) is 0 Å². The summed E-state index contributed by atoms with van der Waals surface area (Å²) in [6, 6.07) is 0. The zero-order valence-corrected chi connectivity index (χ0v) is 10.4. The molecule has 0 fully saturated rings. The third-order valence-electron chi connectivity index (χ3n) is 2.58. The Morgan fingerprint density at radius 1 is 1.33 bits per heavy atom. The average molecular weight is 264 g/mol. The molecule has 18 heavy (non-hydrogen) atoms. The lowest BCUT2D eigenvalue weighted by molar-refractivity contribution is 0.583. The van der Waals surface area contributed by atoms with Gasteiger partial charge in [0, 0.05) is 6.54 Å². The van der Waals surface area contributed by atoms with Gasteiger partial charge < -0.3 is 0 Å². The molecule has 0 unspecified atom stereocenters. The van der Waals surface area contributed by atoms with Crippen LogP contribution in [0.2, 0.25) is 5.28 Å². The standard InChI is InChI=1S/C10H10ClN7/c1-2-3-18-7(5-13-17-18)8-6-4-12-16-9(6)15-10(11)14-8/h4-5H,2-3H2,1H3,(H,12,14,15,16). The normalized spacial score (nSPS) is 11.2. The van der Waals surface area contributed by atoms with Gasteiger partial charge in [-0.15, -0.1) is 5.10 Å². The molecule has 0 aliphatic rings. The van der Waals surface area contributed by atoms with E-state index >= 15 is 0 Å². The molecule has 7 nitrogen and oxygen atoms in total. The maximum absolute atomic E-state index is 5.91. The van der Waals surface area contributed by atoms with Crippen LogP contribution in [0.15, 0.2) is 12.4 Å². The van der Waals surface area contributed by atoms with Gasteiger partial charge >= 0.3 is 0 Å². The number of hydrogen-bond donors (Lipinski definition) is 1. The van der Waals surface area contributed by atoms with Crippen LogP contribution in [0.3, 0.4) is 0 Å².